The van der Waals surface area contributed by atoms with E-state index in [1.165, 1.54) is 0 Å². The Kier molecular flexibility index (Phi) is 5.48. The van der Waals surface area contributed by atoms with Gasteiger partial charge >= 0.3 is 0 Å². The molecule has 4 rings (SSSR count). The van der Waals surface area contributed by atoms with Crippen LogP contribution in [0.2, 0.25) is 0 Å². The van der Waals surface area contributed by atoms with E-state index in [0.717, 1.165) is 36.4 Å². The Morgan fingerprint density at radius 1 is 1.23 bits per heavy atom. The maximum Gasteiger partial charge on any atom is 0.268 e. The first-order valence-electron chi connectivity index (χ1n) is 8.60. The fourth-order valence-electron chi connectivity index (χ4n) is 2.69. The number of hydrogen-bond donors (Lipinski definition) is 2. The van der Waals surface area contributed by atoms with Crippen molar-refractivity contribution in [2.24, 2.45) is 0 Å². The van der Waals surface area contributed by atoms with Gasteiger partial charge in [0.1, 0.15) is 0 Å². The summed E-state index contributed by atoms with van der Waals surface area (Å²) in [4.78, 5) is 14.0. The van der Waals surface area contributed by atoms with Crippen LogP contribution in [0.3, 0.4) is 0 Å². The van der Waals surface area contributed by atoms with Crippen molar-refractivity contribution in [1.29, 1.82) is 0 Å². The van der Waals surface area contributed by atoms with E-state index >= 15 is 0 Å². The van der Waals surface area contributed by atoms with Crippen molar-refractivity contribution in [2.75, 3.05) is 18.5 Å². The predicted octanol–water partition coefficient (Wildman–Crippen LogP) is 2.47. The monoisotopic (exact) mass is 372 g/mol. The van der Waals surface area contributed by atoms with Gasteiger partial charge in [-0.2, -0.15) is 4.98 Å². The largest absolute Gasteiger partial charge is 0.376 e. The summed E-state index contributed by atoms with van der Waals surface area (Å²) in [5.74, 6) is 1.81. The van der Waals surface area contributed by atoms with Crippen LogP contribution < -0.4 is 10.6 Å². The Labute approximate surface area is 155 Å². The van der Waals surface area contributed by atoms with E-state index in [-0.39, 0.29) is 6.10 Å². The van der Waals surface area contributed by atoms with E-state index in [0.29, 0.717) is 30.8 Å². The lowest BCUT2D eigenvalue weighted by atomic mass is 10.2. The molecular formula is C17H20N6O2S. The molecular weight excluding hydrogens is 352 g/mol. The molecule has 1 fully saturated rings. The molecule has 1 aliphatic heterocycles. The van der Waals surface area contributed by atoms with Gasteiger partial charge in [-0.3, -0.25) is 0 Å². The van der Waals surface area contributed by atoms with E-state index in [1.54, 1.807) is 11.3 Å². The van der Waals surface area contributed by atoms with Gasteiger partial charge in [-0.05, 0) is 24.3 Å². The summed E-state index contributed by atoms with van der Waals surface area (Å²) in [5.41, 5.74) is 0.995. The van der Waals surface area contributed by atoms with Gasteiger partial charge in [-0.25, -0.2) is 9.97 Å². The number of rotatable bonds is 8. The molecule has 136 valence electrons. The minimum Gasteiger partial charge on any atom is -0.376 e. The maximum atomic E-state index is 5.57. The van der Waals surface area contributed by atoms with Crippen LogP contribution >= 0.6 is 11.3 Å². The summed E-state index contributed by atoms with van der Waals surface area (Å²) in [6.45, 7) is 2.76. The lowest BCUT2D eigenvalue weighted by Crippen LogP contribution is -2.20. The topological polar surface area (TPSA) is 98.0 Å². The molecule has 9 heteroatoms. The third-order valence-corrected chi connectivity index (χ3v) is 4.89. The van der Waals surface area contributed by atoms with Crippen molar-refractivity contribution in [3.63, 3.8) is 0 Å². The Morgan fingerprint density at radius 3 is 2.92 bits per heavy atom. The molecule has 26 heavy (non-hydrogen) atoms. The second-order valence-electron chi connectivity index (χ2n) is 6.03. The first-order chi connectivity index (χ1) is 12.9. The summed E-state index contributed by atoms with van der Waals surface area (Å²) in [5, 5.41) is 12.5. The number of aromatic nitrogens is 4. The van der Waals surface area contributed by atoms with Gasteiger partial charge in [0.05, 0.1) is 17.5 Å². The molecule has 0 spiro atoms. The van der Waals surface area contributed by atoms with Crippen LogP contribution in [0, 0.1) is 0 Å². The van der Waals surface area contributed by atoms with Gasteiger partial charge in [0.25, 0.3) is 5.89 Å². The highest BCUT2D eigenvalue weighted by Crippen LogP contribution is 2.22. The first kappa shape index (κ1) is 17.1. The molecule has 1 atom stereocenters. The zero-order valence-corrected chi connectivity index (χ0v) is 15.0. The zero-order chi connectivity index (χ0) is 17.6. The molecule has 1 aliphatic rings. The highest BCUT2D eigenvalue weighted by molar-refractivity contribution is 7.13. The van der Waals surface area contributed by atoms with E-state index in [4.69, 9.17) is 9.26 Å². The second kappa shape index (κ2) is 8.35. The molecule has 2 N–H and O–H groups in total. The molecule has 0 aliphatic carbocycles. The molecule has 3 aromatic rings. The molecule has 1 unspecified atom stereocenters. The molecule has 0 bridgehead atoms. The van der Waals surface area contributed by atoms with E-state index in [1.807, 2.05) is 29.9 Å². The third kappa shape index (κ3) is 4.43. The molecule has 0 aromatic carbocycles. The number of thiophene rings is 1. The van der Waals surface area contributed by atoms with Crippen molar-refractivity contribution in [3.8, 4) is 10.8 Å². The normalized spacial score (nSPS) is 16.8. The third-order valence-electron chi connectivity index (χ3n) is 4.03. The standard InChI is InChI=1S/C17H20N6O2S/c1-3-13(24-5-1)10-21-17-19-8-12(9-20-17)7-18-11-15-22-16(25-23-15)14-4-2-6-26-14/h2,4,6,8-9,13,18H,1,3,5,7,10-11H2,(H,19,20,21). The average molecular weight is 372 g/mol. The Balaban J connectivity index is 1.22. The number of nitrogens with zero attached hydrogens (tertiary/aromatic N) is 4. The highest BCUT2D eigenvalue weighted by atomic mass is 32.1. The lowest BCUT2D eigenvalue weighted by Gasteiger charge is -2.10. The van der Waals surface area contributed by atoms with E-state index in [2.05, 4.69) is 30.7 Å². The average Bonchev–Trinajstić information content (AvgIpc) is 3.42. The Morgan fingerprint density at radius 2 is 2.15 bits per heavy atom. The molecule has 3 aromatic heterocycles. The highest BCUT2D eigenvalue weighted by Gasteiger charge is 2.15. The van der Waals surface area contributed by atoms with Crippen LogP contribution in [0.5, 0.6) is 0 Å². The minimum absolute atomic E-state index is 0.272. The molecule has 0 amide bonds. The number of ether oxygens (including phenoxy) is 1. The maximum absolute atomic E-state index is 5.57. The molecule has 4 heterocycles. The molecule has 8 nitrogen and oxygen atoms in total. The molecule has 0 saturated carbocycles. The van der Waals surface area contributed by atoms with Crippen molar-refractivity contribution < 1.29 is 9.26 Å². The fraction of sp³-hybridized carbons (Fsp3) is 0.412. The van der Waals surface area contributed by atoms with Crippen molar-refractivity contribution in [3.05, 3.63) is 41.3 Å². The number of anilines is 1. The van der Waals surface area contributed by atoms with Gasteiger partial charge in [0.15, 0.2) is 5.82 Å². The van der Waals surface area contributed by atoms with Gasteiger partial charge in [0, 0.05) is 37.7 Å². The van der Waals surface area contributed by atoms with Gasteiger partial charge in [0.2, 0.25) is 5.95 Å². The smallest absolute Gasteiger partial charge is 0.268 e. The molecule has 1 saturated heterocycles. The van der Waals surface area contributed by atoms with Gasteiger partial charge < -0.3 is 19.9 Å². The van der Waals surface area contributed by atoms with Crippen molar-refractivity contribution in [1.82, 2.24) is 25.4 Å². The number of nitrogens with one attached hydrogen (secondary N) is 2. The fourth-order valence-corrected chi connectivity index (χ4v) is 3.34. The van der Waals surface area contributed by atoms with Gasteiger partial charge in [-0.15, -0.1) is 11.3 Å². The Bertz CT molecular complexity index is 799. The summed E-state index contributed by atoms with van der Waals surface area (Å²) >= 11 is 1.58. The Hall–Kier alpha value is -2.36. The molecule has 0 radical (unpaired) electrons. The second-order valence-corrected chi connectivity index (χ2v) is 6.98. The van der Waals surface area contributed by atoms with Gasteiger partial charge in [-0.1, -0.05) is 11.2 Å². The summed E-state index contributed by atoms with van der Waals surface area (Å²) < 4.78 is 10.8. The quantitative estimate of drug-likeness (QED) is 0.622. The lowest BCUT2D eigenvalue weighted by molar-refractivity contribution is 0.120. The van der Waals surface area contributed by atoms with Crippen LogP contribution in [0.1, 0.15) is 24.2 Å². The SMILES string of the molecule is c1csc(-c2nc(CNCc3cnc(NCC4CCCO4)nc3)no2)c1. The minimum atomic E-state index is 0.272. The van der Waals surface area contributed by atoms with Crippen LogP contribution in [0.25, 0.3) is 10.8 Å². The van der Waals surface area contributed by atoms with Crippen molar-refractivity contribution in [2.45, 2.75) is 32.0 Å². The van der Waals surface area contributed by atoms with Crippen LogP contribution in [-0.4, -0.2) is 39.4 Å². The van der Waals surface area contributed by atoms with Crippen LogP contribution in [0.15, 0.2) is 34.4 Å². The van der Waals surface area contributed by atoms with Crippen LogP contribution in [-0.2, 0) is 17.8 Å². The van der Waals surface area contributed by atoms with Crippen LogP contribution in [0.4, 0.5) is 5.95 Å². The van der Waals surface area contributed by atoms with Crippen molar-refractivity contribution >= 4 is 17.3 Å². The summed E-state index contributed by atoms with van der Waals surface area (Å²) in [7, 11) is 0. The number of hydrogen-bond acceptors (Lipinski definition) is 9. The zero-order valence-electron chi connectivity index (χ0n) is 14.2. The summed E-state index contributed by atoms with van der Waals surface area (Å²) in [6.07, 6.45) is 6.12. The van der Waals surface area contributed by atoms with E-state index in [9.17, 15) is 0 Å². The van der Waals surface area contributed by atoms with E-state index < -0.39 is 0 Å². The first-order valence-corrected chi connectivity index (χ1v) is 9.48. The summed E-state index contributed by atoms with van der Waals surface area (Å²) in [6, 6.07) is 3.92. The predicted molar refractivity (Wildman–Crippen MR) is 97.7 cm³/mol.